The Bertz CT molecular complexity index is 173. The van der Waals surface area contributed by atoms with Gasteiger partial charge in [0.25, 0.3) is 0 Å². The Balaban J connectivity index is 2.47. The van der Waals surface area contributed by atoms with Gasteiger partial charge in [-0.25, -0.2) is 4.31 Å². The third-order valence-electron chi connectivity index (χ3n) is 1.71. The summed E-state index contributed by atoms with van der Waals surface area (Å²) in [6.07, 6.45) is 3.52. The molecule has 0 bridgehead atoms. The summed E-state index contributed by atoms with van der Waals surface area (Å²) in [6.45, 7) is 0. The number of thiol groups is 2. The average Bonchev–Trinajstić information content (AvgIpc) is 2.16. The molecule has 0 saturated carbocycles. The van der Waals surface area contributed by atoms with Crippen molar-refractivity contribution in [2.45, 2.75) is 36.6 Å². The molecule has 1 heterocycles. The fourth-order valence-corrected chi connectivity index (χ4v) is 3.33. The van der Waals surface area contributed by atoms with Crippen LogP contribution in [0.4, 0.5) is 0 Å². The summed E-state index contributed by atoms with van der Waals surface area (Å²) in [7, 11) is -4.25. The lowest BCUT2D eigenvalue weighted by molar-refractivity contribution is 0.180. The highest BCUT2D eigenvalue weighted by atomic mass is 32.1. The highest BCUT2D eigenvalue weighted by molar-refractivity contribution is 7.81. The monoisotopic (exact) mass is 292 g/mol. The minimum absolute atomic E-state index is 0.301. The molecular formula is C6H14O5P2S2. The van der Waals surface area contributed by atoms with E-state index in [9.17, 15) is 0 Å². The number of hydrogen-bond acceptors (Lipinski definition) is 7. The van der Waals surface area contributed by atoms with Crippen LogP contribution < -0.4 is 0 Å². The van der Waals surface area contributed by atoms with E-state index in [2.05, 4.69) is 25.3 Å². The topological polar surface area (TPSA) is 68.2 Å². The van der Waals surface area contributed by atoms with Gasteiger partial charge in [-0.05, 0) is 25.7 Å². The Hall–Kier alpha value is 1.36. The van der Waals surface area contributed by atoms with Crippen LogP contribution in [0.15, 0.2) is 0 Å². The van der Waals surface area contributed by atoms with Crippen LogP contribution in [0, 0.1) is 0 Å². The predicted octanol–water partition coefficient (Wildman–Crippen LogP) is 2.56. The third-order valence-corrected chi connectivity index (χ3v) is 4.74. The molecule has 9 heteroatoms. The van der Waals surface area contributed by atoms with Crippen molar-refractivity contribution < 1.29 is 23.1 Å². The van der Waals surface area contributed by atoms with Crippen LogP contribution in [-0.2, 0) is 13.4 Å². The summed E-state index contributed by atoms with van der Waals surface area (Å²) in [5.41, 5.74) is -0.602. The minimum Gasteiger partial charge on any atom is -0.328 e. The van der Waals surface area contributed by atoms with Crippen LogP contribution in [0.2, 0.25) is 0 Å². The zero-order valence-corrected chi connectivity index (χ0v) is 11.5. The molecule has 15 heavy (non-hydrogen) atoms. The lowest BCUT2D eigenvalue weighted by Crippen LogP contribution is -2.04. The molecule has 0 amide bonds. The Kier molecular flexibility index (Phi) is 7.35. The van der Waals surface area contributed by atoms with Crippen LogP contribution in [0.1, 0.15) is 25.7 Å². The standard InChI is InChI=1S/C6H14O5P2S2/c7-12(8)11-13-9-5(14)3-1-2-4-6(15)10-13/h5-8,14-15H,1-4H2. The molecule has 0 aliphatic carbocycles. The zero-order valence-electron chi connectivity index (χ0n) is 7.89. The zero-order chi connectivity index (χ0) is 11.3. The largest absolute Gasteiger partial charge is 0.342 e. The number of hydrogen-bond donors (Lipinski definition) is 4. The van der Waals surface area contributed by atoms with Crippen LogP contribution in [0.5, 0.6) is 0 Å². The molecule has 1 saturated heterocycles. The lowest BCUT2D eigenvalue weighted by atomic mass is 10.2. The maximum atomic E-state index is 8.71. The van der Waals surface area contributed by atoms with E-state index in [0.29, 0.717) is 0 Å². The van der Waals surface area contributed by atoms with E-state index >= 15 is 0 Å². The van der Waals surface area contributed by atoms with E-state index in [0.717, 1.165) is 25.7 Å². The maximum Gasteiger partial charge on any atom is 0.342 e. The van der Waals surface area contributed by atoms with Crippen molar-refractivity contribution in [1.29, 1.82) is 0 Å². The van der Waals surface area contributed by atoms with Crippen LogP contribution >= 0.6 is 42.5 Å². The third kappa shape index (κ3) is 6.61. The molecule has 2 N–H and O–H groups in total. The summed E-state index contributed by atoms with van der Waals surface area (Å²) in [6, 6.07) is 0. The van der Waals surface area contributed by atoms with E-state index in [1.165, 1.54) is 0 Å². The van der Waals surface area contributed by atoms with Crippen LogP contribution in [0.25, 0.3) is 0 Å². The smallest absolute Gasteiger partial charge is 0.328 e. The lowest BCUT2D eigenvalue weighted by Gasteiger charge is -2.20. The van der Waals surface area contributed by atoms with Crippen molar-refractivity contribution in [3.8, 4) is 0 Å². The highest BCUT2D eigenvalue weighted by Crippen LogP contribution is 2.53. The first kappa shape index (κ1) is 14.4. The van der Waals surface area contributed by atoms with Crippen LogP contribution in [-0.4, -0.2) is 20.7 Å². The van der Waals surface area contributed by atoms with Crippen molar-refractivity contribution in [1.82, 2.24) is 0 Å². The predicted molar refractivity (Wildman–Crippen MR) is 65.5 cm³/mol. The fraction of sp³-hybridized carbons (Fsp3) is 1.00. The second-order valence-corrected chi connectivity index (χ2v) is 6.14. The van der Waals surface area contributed by atoms with Crippen molar-refractivity contribution >= 4 is 42.5 Å². The first-order valence-corrected chi connectivity index (χ1v) is 7.73. The summed E-state index contributed by atoms with van der Waals surface area (Å²) in [5.74, 6) is 0. The molecule has 2 unspecified atom stereocenters. The van der Waals surface area contributed by atoms with Crippen molar-refractivity contribution in [2.75, 3.05) is 0 Å². The van der Waals surface area contributed by atoms with Crippen molar-refractivity contribution in [2.24, 2.45) is 0 Å². The summed E-state index contributed by atoms with van der Waals surface area (Å²) in [5, 5.41) is 0. The van der Waals surface area contributed by atoms with Gasteiger partial charge >= 0.3 is 17.2 Å². The van der Waals surface area contributed by atoms with Gasteiger partial charge in [-0.3, -0.25) is 9.05 Å². The summed E-state index contributed by atoms with van der Waals surface area (Å²) >= 11 is 8.38. The molecule has 0 aromatic carbocycles. The SMILES string of the molecule is OP(O)OP1OC(S)CCCCC(S)O1. The van der Waals surface area contributed by atoms with E-state index in [4.69, 9.17) is 23.1 Å². The van der Waals surface area contributed by atoms with Gasteiger partial charge in [0.1, 0.15) is 10.9 Å². The normalized spacial score (nSPS) is 34.6. The van der Waals surface area contributed by atoms with Gasteiger partial charge < -0.3 is 9.79 Å². The molecule has 1 rings (SSSR count). The first-order valence-electron chi connectivity index (χ1n) is 4.43. The van der Waals surface area contributed by atoms with Crippen LogP contribution in [0.3, 0.4) is 0 Å². The van der Waals surface area contributed by atoms with E-state index in [1.807, 2.05) is 0 Å². The van der Waals surface area contributed by atoms with Gasteiger partial charge in [0.2, 0.25) is 0 Å². The fourth-order valence-electron chi connectivity index (χ4n) is 1.06. The molecule has 2 atom stereocenters. The Labute approximate surface area is 102 Å². The highest BCUT2D eigenvalue weighted by Gasteiger charge is 2.25. The minimum atomic E-state index is -2.48. The molecule has 0 aromatic heterocycles. The second kappa shape index (κ2) is 7.64. The van der Waals surface area contributed by atoms with E-state index in [1.54, 1.807) is 0 Å². The van der Waals surface area contributed by atoms with E-state index < -0.39 is 17.2 Å². The van der Waals surface area contributed by atoms with Gasteiger partial charge in [-0.1, -0.05) is 0 Å². The molecule has 5 nitrogen and oxygen atoms in total. The molecule has 0 radical (unpaired) electrons. The Morgan fingerprint density at radius 2 is 1.60 bits per heavy atom. The van der Waals surface area contributed by atoms with Gasteiger partial charge in [0, 0.05) is 0 Å². The molecule has 1 aliphatic heterocycles. The molecule has 1 fully saturated rings. The summed E-state index contributed by atoms with van der Waals surface area (Å²) in [4.78, 5) is 17.4. The van der Waals surface area contributed by atoms with Gasteiger partial charge in [0.05, 0.1) is 0 Å². The van der Waals surface area contributed by atoms with Gasteiger partial charge in [-0.2, -0.15) is 0 Å². The second-order valence-electron chi connectivity index (χ2n) is 2.96. The van der Waals surface area contributed by atoms with Crippen molar-refractivity contribution in [3.05, 3.63) is 0 Å². The van der Waals surface area contributed by atoms with Crippen molar-refractivity contribution in [3.63, 3.8) is 0 Å². The summed E-state index contributed by atoms with van der Waals surface area (Å²) < 4.78 is 15.3. The molecule has 90 valence electrons. The maximum absolute atomic E-state index is 8.71. The van der Waals surface area contributed by atoms with E-state index in [-0.39, 0.29) is 10.9 Å². The Morgan fingerprint density at radius 3 is 2.00 bits per heavy atom. The molecule has 1 aliphatic rings. The first-order chi connectivity index (χ1) is 7.08. The number of rotatable bonds is 2. The van der Waals surface area contributed by atoms with Gasteiger partial charge in [0.15, 0.2) is 0 Å². The molecule has 0 spiro atoms. The molecule has 0 aromatic rings. The Morgan fingerprint density at radius 1 is 1.13 bits per heavy atom. The average molecular weight is 292 g/mol. The molecular weight excluding hydrogens is 278 g/mol. The quantitative estimate of drug-likeness (QED) is 0.465. The van der Waals surface area contributed by atoms with Gasteiger partial charge in [-0.15, -0.1) is 25.3 Å².